The zero-order valence-electron chi connectivity index (χ0n) is 30.0. The first-order chi connectivity index (χ1) is 22.2. The van der Waals surface area contributed by atoms with Crippen LogP contribution in [0.2, 0.25) is 0 Å². The third-order valence-electron chi connectivity index (χ3n) is 7.41. The Balaban J connectivity index is 0.000000886. The fourth-order valence-corrected chi connectivity index (χ4v) is 5.28. The quantitative estimate of drug-likeness (QED) is 0.0813. The van der Waals surface area contributed by atoms with Gasteiger partial charge in [0.05, 0.1) is 32.5 Å². The van der Waals surface area contributed by atoms with Crippen molar-refractivity contribution in [3.8, 4) is 11.5 Å². The normalized spacial score (nSPS) is 11.3. The van der Waals surface area contributed by atoms with Crippen LogP contribution < -0.4 is 60.4 Å². The maximum absolute atomic E-state index is 5.43. The molecule has 4 aromatic rings. The predicted molar refractivity (Wildman–Crippen MR) is 206 cm³/mol. The van der Waals surface area contributed by atoms with Crippen LogP contribution in [0.1, 0.15) is 60.7 Å². The Kier molecular flexibility index (Phi) is 20.5. The molecular weight excluding hydrogens is 644 g/mol. The molecule has 0 aliphatic rings. The van der Waals surface area contributed by atoms with Gasteiger partial charge in [0.15, 0.2) is 10.2 Å². The van der Waals surface area contributed by atoms with Crippen LogP contribution in [0.3, 0.4) is 0 Å². The van der Waals surface area contributed by atoms with E-state index in [1.807, 2.05) is 73.7 Å². The molecule has 0 heterocycles. The monoisotopic (exact) mass is 690 g/mol. The Morgan fingerprint density at radius 3 is 1.77 bits per heavy atom. The summed E-state index contributed by atoms with van der Waals surface area (Å²) in [5.74, 6) is 1.72. The Labute approximate surface area is 323 Å². The average molecular weight is 691 g/mol. The SMILES string of the molecule is COc1cccc(C)c1/C=N/NC(=S)N[C@H](C)c1ccccc1.COc1cccc(C)c1CCNC(=S)N[C@H](C)c1ccccc1.[B].[H-].[Na+]. The summed E-state index contributed by atoms with van der Waals surface area (Å²) >= 11 is 10.7. The molecule has 4 rings (SSSR count). The minimum Gasteiger partial charge on any atom is -1.00 e. The fraction of sp³-hybridized carbons (Fsp3) is 0.270. The summed E-state index contributed by atoms with van der Waals surface area (Å²) in [7, 11) is 3.35. The summed E-state index contributed by atoms with van der Waals surface area (Å²) in [4.78, 5) is 0. The van der Waals surface area contributed by atoms with Gasteiger partial charge in [-0.05, 0) is 98.5 Å². The van der Waals surface area contributed by atoms with Gasteiger partial charge in [0.25, 0.3) is 0 Å². The number of hydrogen-bond donors (Lipinski definition) is 4. The van der Waals surface area contributed by atoms with E-state index in [4.69, 9.17) is 33.9 Å². The molecule has 0 bridgehead atoms. The number of nitrogens with zero attached hydrogens (tertiary/aromatic N) is 1. The third-order valence-corrected chi connectivity index (χ3v) is 7.88. The van der Waals surface area contributed by atoms with Gasteiger partial charge < -0.3 is 26.9 Å². The molecule has 2 atom stereocenters. The van der Waals surface area contributed by atoms with E-state index in [0.717, 1.165) is 35.6 Å². The number of benzene rings is 4. The number of aryl methyl sites for hydroxylation is 2. The molecule has 7 nitrogen and oxygen atoms in total. The molecule has 0 saturated heterocycles. The number of hydrogen-bond acceptors (Lipinski definition) is 5. The van der Waals surface area contributed by atoms with E-state index < -0.39 is 0 Å². The largest absolute Gasteiger partial charge is 1.00 e. The molecule has 0 aliphatic heterocycles. The molecule has 0 spiro atoms. The van der Waals surface area contributed by atoms with Crippen molar-refractivity contribution in [1.29, 1.82) is 0 Å². The van der Waals surface area contributed by atoms with Crippen molar-refractivity contribution in [2.45, 2.75) is 46.2 Å². The van der Waals surface area contributed by atoms with E-state index >= 15 is 0 Å². The van der Waals surface area contributed by atoms with Crippen molar-refractivity contribution >= 4 is 49.3 Å². The Morgan fingerprint density at radius 2 is 1.23 bits per heavy atom. The van der Waals surface area contributed by atoms with Gasteiger partial charge in [0.1, 0.15) is 11.5 Å². The maximum Gasteiger partial charge on any atom is 1.00 e. The van der Waals surface area contributed by atoms with E-state index in [-0.39, 0.29) is 51.5 Å². The summed E-state index contributed by atoms with van der Waals surface area (Å²) in [5.41, 5.74) is 9.72. The van der Waals surface area contributed by atoms with E-state index in [1.165, 1.54) is 22.3 Å². The zero-order chi connectivity index (χ0) is 33.3. The molecule has 4 aromatic carbocycles. The molecule has 0 aliphatic carbocycles. The van der Waals surface area contributed by atoms with Crippen LogP contribution in [0.4, 0.5) is 0 Å². The van der Waals surface area contributed by atoms with Gasteiger partial charge in [-0.2, -0.15) is 5.10 Å². The zero-order valence-corrected chi connectivity index (χ0v) is 32.7. The van der Waals surface area contributed by atoms with Crippen LogP contribution in [-0.2, 0) is 6.42 Å². The Bertz CT molecular complexity index is 1590. The van der Waals surface area contributed by atoms with Gasteiger partial charge in [-0.25, -0.2) is 0 Å². The molecule has 0 fully saturated rings. The first-order valence-corrected chi connectivity index (χ1v) is 16.0. The van der Waals surface area contributed by atoms with E-state index in [2.05, 4.69) is 77.6 Å². The van der Waals surface area contributed by atoms with Gasteiger partial charge >= 0.3 is 29.6 Å². The molecule has 0 amide bonds. The molecular formula is C37H46BN5NaO2S2. The second-order valence-corrected chi connectivity index (χ2v) is 11.5. The molecule has 0 saturated carbocycles. The van der Waals surface area contributed by atoms with Crippen LogP contribution in [0.25, 0.3) is 0 Å². The third kappa shape index (κ3) is 14.0. The van der Waals surface area contributed by atoms with Crippen LogP contribution >= 0.6 is 24.4 Å². The van der Waals surface area contributed by atoms with Crippen molar-refractivity contribution in [3.05, 3.63) is 130 Å². The molecule has 0 unspecified atom stereocenters. The molecule has 48 heavy (non-hydrogen) atoms. The molecule has 3 radical (unpaired) electrons. The second kappa shape index (κ2) is 23.0. The smallest absolute Gasteiger partial charge is 1.00 e. The van der Waals surface area contributed by atoms with Crippen molar-refractivity contribution in [2.24, 2.45) is 5.10 Å². The van der Waals surface area contributed by atoms with Crippen molar-refractivity contribution in [1.82, 2.24) is 21.4 Å². The van der Waals surface area contributed by atoms with E-state index in [9.17, 15) is 0 Å². The van der Waals surface area contributed by atoms with Gasteiger partial charge in [0, 0.05) is 20.5 Å². The van der Waals surface area contributed by atoms with Crippen LogP contribution in [-0.4, -0.2) is 45.6 Å². The maximum atomic E-state index is 5.43. The standard InChI is InChI=1S/C19H24N2OS.C18H21N3OS.B.Na.H/c1-14-8-7-11-18(22-3)17(14)12-13-20-19(23)21-15(2)16-9-5-4-6-10-16;1-13-8-7-11-17(22-3)16(13)12-19-21-18(23)20-14(2)15-9-5-4-6-10-15;;;/h4-11,15H,12-13H2,1-3H3,(H2,20,21,23);4-12,14H,1-3H3,(H2,20,21,23);;;/q;;;+1;-1/b;19-12+;;;/t15-;14-;;;/m11.../s1. The fourth-order valence-electron chi connectivity index (χ4n) is 4.77. The van der Waals surface area contributed by atoms with Gasteiger partial charge in [-0.15, -0.1) is 0 Å². The first kappa shape index (κ1) is 42.6. The number of ether oxygens (including phenoxy) is 2. The summed E-state index contributed by atoms with van der Waals surface area (Å²) in [6.07, 6.45) is 2.59. The summed E-state index contributed by atoms with van der Waals surface area (Å²) in [6.45, 7) is 9.05. The van der Waals surface area contributed by atoms with Crippen LogP contribution in [0, 0.1) is 13.8 Å². The minimum atomic E-state index is 0. The Hall–Kier alpha value is -3.41. The summed E-state index contributed by atoms with van der Waals surface area (Å²) in [5, 5.41) is 15.1. The van der Waals surface area contributed by atoms with Gasteiger partial charge in [-0.3, -0.25) is 5.43 Å². The number of methoxy groups -OCH3 is 2. The number of rotatable bonds is 11. The van der Waals surface area contributed by atoms with E-state index in [0.29, 0.717) is 10.2 Å². The molecule has 0 aromatic heterocycles. The van der Waals surface area contributed by atoms with Crippen molar-refractivity contribution < 1.29 is 40.5 Å². The van der Waals surface area contributed by atoms with Crippen LogP contribution in [0.5, 0.6) is 11.5 Å². The van der Waals surface area contributed by atoms with E-state index in [1.54, 1.807) is 20.4 Å². The predicted octanol–water partition coefficient (Wildman–Crippen LogP) is 4.07. The van der Waals surface area contributed by atoms with Crippen LogP contribution in [0.15, 0.2) is 102 Å². The summed E-state index contributed by atoms with van der Waals surface area (Å²) in [6, 6.07) is 32.7. The summed E-state index contributed by atoms with van der Waals surface area (Å²) < 4.78 is 10.8. The second-order valence-electron chi connectivity index (χ2n) is 10.7. The molecule has 4 N–H and O–H groups in total. The topological polar surface area (TPSA) is 78.9 Å². The first-order valence-electron chi connectivity index (χ1n) is 15.2. The van der Waals surface area contributed by atoms with Crippen molar-refractivity contribution in [3.63, 3.8) is 0 Å². The molecule has 247 valence electrons. The van der Waals surface area contributed by atoms with Gasteiger partial charge in [-0.1, -0.05) is 84.9 Å². The Morgan fingerprint density at radius 1 is 0.729 bits per heavy atom. The van der Waals surface area contributed by atoms with Crippen molar-refractivity contribution in [2.75, 3.05) is 20.8 Å². The minimum absolute atomic E-state index is 0. The average Bonchev–Trinajstić information content (AvgIpc) is 3.07. The number of thiocarbonyl (C=S) groups is 2. The molecule has 11 heteroatoms. The van der Waals surface area contributed by atoms with Gasteiger partial charge in [0.2, 0.25) is 0 Å². The number of hydrazone groups is 1. The number of nitrogens with one attached hydrogen (secondary N) is 4.